The molecule has 1 heterocycles. The third-order valence-corrected chi connectivity index (χ3v) is 4.97. The van der Waals surface area contributed by atoms with Crippen LogP contribution in [0.4, 0.5) is 5.69 Å². The molecule has 0 unspecified atom stereocenters. The summed E-state index contributed by atoms with van der Waals surface area (Å²) in [5.41, 5.74) is 4.25. The van der Waals surface area contributed by atoms with Crippen molar-refractivity contribution in [2.24, 2.45) is 0 Å². The number of aromatic nitrogens is 3. The van der Waals surface area contributed by atoms with Crippen LogP contribution in [0, 0.1) is 11.7 Å². The van der Waals surface area contributed by atoms with Gasteiger partial charge in [-0.2, -0.15) is 5.10 Å². The summed E-state index contributed by atoms with van der Waals surface area (Å²) >= 11 is 5.35. The quantitative estimate of drug-likeness (QED) is 0.511. The van der Waals surface area contributed by atoms with Crippen LogP contribution in [0.3, 0.4) is 0 Å². The van der Waals surface area contributed by atoms with Crippen LogP contribution in [0.2, 0.25) is 0 Å². The van der Waals surface area contributed by atoms with E-state index in [1.165, 1.54) is 18.4 Å². The van der Waals surface area contributed by atoms with Crippen molar-refractivity contribution in [3.63, 3.8) is 0 Å². The maximum absolute atomic E-state index is 12.4. The van der Waals surface area contributed by atoms with Gasteiger partial charge in [-0.25, -0.2) is 0 Å². The van der Waals surface area contributed by atoms with Crippen molar-refractivity contribution >= 4 is 23.8 Å². The van der Waals surface area contributed by atoms with E-state index in [4.69, 9.17) is 12.2 Å². The van der Waals surface area contributed by atoms with E-state index >= 15 is 0 Å². The minimum Gasteiger partial charge on any atom is -0.326 e. The van der Waals surface area contributed by atoms with E-state index in [9.17, 15) is 4.79 Å². The lowest BCUT2D eigenvalue weighted by molar-refractivity contribution is -0.116. The summed E-state index contributed by atoms with van der Waals surface area (Å²) < 4.78 is 2.39. The third kappa shape index (κ3) is 5.16. The van der Waals surface area contributed by atoms with Gasteiger partial charge in [-0.05, 0) is 55.7 Å². The van der Waals surface area contributed by atoms with Gasteiger partial charge in [0.05, 0.1) is 0 Å². The molecule has 0 radical (unpaired) electrons. The minimum absolute atomic E-state index is 0.0420. The van der Waals surface area contributed by atoms with Crippen LogP contribution in [0.5, 0.6) is 0 Å². The fourth-order valence-corrected chi connectivity index (χ4v) is 3.33. The second-order valence-corrected chi connectivity index (χ2v) is 7.36. The van der Waals surface area contributed by atoms with E-state index in [0.717, 1.165) is 29.1 Å². The van der Waals surface area contributed by atoms with Crippen molar-refractivity contribution in [3.8, 4) is 11.4 Å². The molecule has 0 saturated heterocycles. The number of H-pyrrole nitrogens is 1. The molecule has 3 rings (SSSR count). The number of carbonyl (C=O) groups is 1. The lowest BCUT2D eigenvalue weighted by Gasteiger charge is -2.09. The predicted molar refractivity (Wildman–Crippen MR) is 116 cm³/mol. The number of carbonyl (C=O) groups excluding carboxylic acids is 1. The number of hydrogen-bond acceptors (Lipinski definition) is 3. The number of hydrogen-bond donors (Lipinski definition) is 2. The Balaban J connectivity index is 1.62. The Morgan fingerprint density at radius 1 is 1.21 bits per heavy atom. The number of anilines is 1. The molecule has 5 nitrogen and oxygen atoms in total. The zero-order chi connectivity index (χ0) is 19.9. The molecule has 2 N–H and O–H groups in total. The molecule has 146 valence electrons. The maximum atomic E-state index is 12.4. The molecule has 0 atom stereocenters. The number of aromatic amines is 1. The number of aryl methyl sites for hydroxylation is 2. The van der Waals surface area contributed by atoms with E-state index in [2.05, 4.69) is 40.6 Å². The molecule has 0 fully saturated rings. The topological polar surface area (TPSA) is 62.7 Å². The lowest BCUT2D eigenvalue weighted by atomic mass is 10.1. The first kappa shape index (κ1) is 20.0. The molecule has 0 aliphatic rings. The average molecular weight is 395 g/mol. The molecule has 6 heteroatoms. The average Bonchev–Trinajstić information content (AvgIpc) is 3.06. The van der Waals surface area contributed by atoms with Gasteiger partial charge in [0.1, 0.15) is 0 Å². The molecule has 1 amide bonds. The summed E-state index contributed by atoms with van der Waals surface area (Å²) in [6.45, 7) is 4.69. The molecule has 28 heavy (non-hydrogen) atoms. The third-order valence-electron chi connectivity index (χ3n) is 4.65. The van der Waals surface area contributed by atoms with E-state index < -0.39 is 0 Å². The van der Waals surface area contributed by atoms with Crippen molar-refractivity contribution in [2.75, 3.05) is 5.32 Å². The summed E-state index contributed by atoms with van der Waals surface area (Å²) in [4.78, 5) is 12.4. The highest BCUT2D eigenvalue weighted by atomic mass is 32.1. The van der Waals surface area contributed by atoms with Gasteiger partial charge in [0, 0.05) is 24.2 Å². The number of rotatable bonds is 8. The highest BCUT2D eigenvalue weighted by molar-refractivity contribution is 7.71. The second kappa shape index (κ2) is 9.46. The number of nitrogens with zero attached hydrogens (tertiary/aromatic N) is 2. The highest BCUT2D eigenvalue weighted by Crippen LogP contribution is 2.19. The summed E-state index contributed by atoms with van der Waals surface area (Å²) in [6.07, 6.45) is 3.76. The van der Waals surface area contributed by atoms with Crippen LogP contribution in [0.15, 0.2) is 48.5 Å². The monoisotopic (exact) mass is 394 g/mol. The van der Waals surface area contributed by atoms with Crippen LogP contribution in [-0.4, -0.2) is 20.7 Å². The predicted octanol–water partition coefficient (Wildman–Crippen LogP) is 5.29. The lowest BCUT2D eigenvalue weighted by Crippen LogP contribution is -2.15. The first-order valence-corrected chi connectivity index (χ1v) is 10.1. The van der Waals surface area contributed by atoms with Crippen molar-refractivity contribution in [1.82, 2.24) is 14.8 Å². The standard InChI is InChI=1S/C22H26N4OS/c1-3-4-7-17-9-11-19(12-10-17)23-20(27)13-14-26-21(24-25-22(26)28)18-8-5-6-16(2)15-18/h5-6,8-12,15H,3-4,7,13-14H2,1-2H3,(H,23,27)(H,25,28). The van der Waals surface area contributed by atoms with Crippen molar-refractivity contribution in [2.45, 2.75) is 46.1 Å². The molecule has 0 aliphatic heterocycles. The number of amides is 1. The van der Waals surface area contributed by atoms with Crippen LogP contribution in [0.1, 0.15) is 37.3 Å². The Morgan fingerprint density at radius 2 is 2.00 bits per heavy atom. The smallest absolute Gasteiger partial charge is 0.226 e. The van der Waals surface area contributed by atoms with Gasteiger partial charge < -0.3 is 5.32 Å². The second-order valence-electron chi connectivity index (χ2n) is 6.97. The van der Waals surface area contributed by atoms with E-state index in [1.54, 1.807) is 0 Å². The van der Waals surface area contributed by atoms with Crippen LogP contribution in [-0.2, 0) is 17.8 Å². The summed E-state index contributed by atoms with van der Waals surface area (Å²) in [5.74, 6) is 0.710. The Kier molecular flexibility index (Phi) is 6.76. The summed E-state index contributed by atoms with van der Waals surface area (Å²) in [5, 5.41) is 10.1. The first-order valence-electron chi connectivity index (χ1n) is 9.68. The molecule has 0 bridgehead atoms. The van der Waals surface area contributed by atoms with Crippen molar-refractivity contribution in [1.29, 1.82) is 0 Å². The zero-order valence-corrected chi connectivity index (χ0v) is 17.2. The normalized spacial score (nSPS) is 10.8. The molecule has 2 aromatic carbocycles. The zero-order valence-electron chi connectivity index (χ0n) is 16.4. The number of benzene rings is 2. The van der Waals surface area contributed by atoms with Gasteiger partial charge in [0.15, 0.2) is 10.6 Å². The van der Waals surface area contributed by atoms with E-state index in [1.807, 2.05) is 41.8 Å². The van der Waals surface area contributed by atoms with Crippen molar-refractivity contribution < 1.29 is 4.79 Å². The first-order chi connectivity index (χ1) is 13.6. The minimum atomic E-state index is -0.0420. The Morgan fingerprint density at radius 3 is 2.71 bits per heavy atom. The maximum Gasteiger partial charge on any atom is 0.226 e. The van der Waals surface area contributed by atoms with Gasteiger partial charge in [-0.15, -0.1) is 0 Å². The van der Waals surface area contributed by atoms with Crippen LogP contribution < -0.4 is 5.32 Å². The largest absolute Gasteiger partial charge is 0.326 e. The van der Waals surface area contributed by atoms with Crippen LogP contribution >= 0.6 is 12.2 Å². The van der Waals surface area contributed by atoms with E-state index in [-0.39, 0.29) is 5.91 Å². The molecule has 3 aromatic rings. The van der Waals surface area contributed by atoms with Crippen LogP contribution in [0.25, 0.3) is 11.4 Å². The van der Waals surface area contributed by atoms with Crippen molar-refractivity contribution in [3.05, 3.63) is 64.4 Å². The molecule has 0 spiro atoms. The van der Waals surface area contributed by atoms with Gasteiger partial charge in [-0.3, -0.25) is 14.5 Å². The fourth-order valence-electron chi connectivity index (χ4n) is 3.10. The molecular weight excluding hydrogens is 368 g/mol. The number of nitrogens with one attached hydrogen (secondary N) is 2. The SMILES string of the molecule is CCCCc1ccc(NC(=O)CCn2c(-c3cccc(C)c3)n[nH]c2=S)cc1. The van der Waals surface area contributed by atoms with E-state index in [0.29, 0.717) is 17.7 Å². The van der Waals surface area contributed by atoms with Gasteiger partial charge in [-0.1, -0.05) is 49.2 Å². The van der Waals surface area contributed by atoms with Gasteiger partial charge in [0.2, 0.25) is 5.91 Å². The molecule has 0 saturated carbocycles. The Hall–Kier alpha value is -2.73. The fraction of sp³-hybridized carbons (Fsp3) is 0.318. The Labute approximate surface area is 170 Å². The summed E-state index contributed by atoms with van der Waals surface area (Å²) in [6, 6.07) is 16.2. The number of unbranched alkanes of at least 4 members (excludes halogenated alkanes) is 1. The highest BCUT2D eigenvalue weighted by Gasteiger charge is 2.11. The summed E-state index contributed by atoms with van der Waals surface area (Å²) in [7, 11) is 0. The van der Waals surface area contributed by atoms with Gasteiger partial charge in [0.25, 0.3) is 0 Å². The molecule has 1 aromatic heterocycles. The molecule has 0 aliphatic carbocycles. The molecular formula is C22H26N4OS. The Bertz CT molecular complexity index is 988. The van der Waals surface area contributed by atoms with Gasteiger partial charge >= 0.3 is 0 Å².